The molecule has 3 nitrogen and oxygen atoms in total. The van der Waals surface area contributed by atoms with Crippen LogP contribution in [0.3, 0.4) is 0 Å². The number of fused-ring (bicyclic) bond motifs is 1. The van der Waals surface area contributed by atoms with Gasteiger partial charge in [0, 0.05) is 23.3 Å². The average molecular weight is 357 g/mol. The normalized spacial score (nSPS) is 22.1. The number of carbonyl (C=O) groups is 1. The Kier molecular flexibility index (Phi) is 3.93. The molecular formula is C15H21BrN2OS. The van der Waals surface area contributed by atoms with E-state index in [0.29, 0.717) is 11.8 Å². The number of thiazole rings is 1. The predicted octanol–water partition coefficient (Wildman–Crippen LogP) is 4.15. The van der Waals surface area contributed by atoms with Crippen molar-refractivity contribution in [2.24, 2.45) is 5.92 Å². The van der Waals surface area contributed by atoms with Crippen LogP contribution < -0.4 is 0 Å². The van der Waals surface area contributed by atoms with Crippen molar-refractivity contribution in [3.05, 3.63) is 14.5 Å². The molecule has 1 aliphatic heterocycles. The third kappa shape index (κ3) is 2.80. The molecule has 1 amide bonds. The summed E-state index contributed by atoms with van der Waals surface area (Å²) in [5, 5.41) is 0. The third-order valence-electron chi connectivity index (χ3n) is 4.62. The maximum Gasteiger partial charge on any atom is 0.223 e. The molecule has 2 heterocycles. The molecule has 0 aromatic carbocycles. The van der Waals surface area contributed by atoms with Crippen LogP contribution in [0.4, 0.5) is 0 Å². The summed E-state index contributed by atoms with van der Waals surface area (Å²) in [6.45, 7) is 5.06. The van der Waals surface area contributed by atoms with E-state index in [1.165, 1.54) is 30.6 Å². The average Bonchev–Trinajstić information content (AvgIpc) is 2.95. The maximum absolute atomic E-state index is 12.7. The van der Waals surface area contributed by atoms with Crippen molar-refractivity contribution in [1.29, 1.82) is 0 Å². The lowest BCUT2D eigenvalue weighted by Crippen LogP contribution is -2.51. The largest absolute Gasteiger partial charge is 0.332 e. The van der Waals surface area contributed by atoms with Crippen molar-refractivity contribution in [2.45, 2.75) is 64.5 Å². The van der Waals surface area contributed by atoms with Gasteiger partial charge < -0.3 is 4.90 Å². The van der Waals surface area contributed by atoms with Gasteiger partial charge in [0.05, 0.1) is 12.2 Å². The molecule has 0 saturated heterocycles. The summed E-state index contributed by atoms with van der Waals surface area (Å²) < 4.78 is 0.934. The lowest BCUT2D eigenvalue weighted by atomic mass is 9.90. The fourth-order valence-corrected chi connectivity index (χ4v) is 5.06. The van der Waals surface area contributed by atoms with Gasteiger partial charge in [0.2, 0.25) is 5.91 Å². The van der Waals surface area contributed by atoms with Gasteiger partial charge in [-0.15, -0.1) is 11.3 Å². The second-order valence-electron chi connectivity index (χ2n) is 6.66. The second kappa shape index (κ2) is 5.41. The number of aromatic nitrogens is 1. The molecule has 0 spiro atoms. The van der Waals surface area contributed by atoms with E-state index in [1.807, 2.05) is 0 Å². The molecule has 0 unspecified atom stereocenters. The van der Waals surface area contributed by atoms with Crippen LogP contribution in [0, 0.1) is 5.92 Å². The Morgan fingerprint density at radius 1 is 1.45 bits per heavy atom. The lowest BCUT2D eigenvalue weighted by Gasteiger charge is -2.42. The van der Waals surface area contributed by atoms with E-state index in [2.05, 4.69) is 39.7 Å². The Bertz CT molecular complexity index is 520. The number of halogens is 1. The molecule has 1 saturated carbocycles. The summed E-state index contributed by atoms with van der Waals surface area (Å²) in [6, 6.07) is 0. The SMILES string of the molecule is CC1(C)Cc2nc(Br)sc2CN1C(=O)CC1CCCC1. The zero-order valence-corrected chi connectivity index (χ0v) is 14.5. The van der Waals surface area contributed by atoms with Gasteiger partial charge in [-0.1, -0.05) is 12.8 Å². The third-order valence-corrected chi connectivity index (χ3v) is 6.16. The van der Waals surface area contributed by atoms with E-state index in [9.17, 15) is 4.79 Å². The summed E-state index contributed by atoms with van der Waals surface area (Å²) in [4.78, 5) is 20.6. The summed E-state index contributed by atoms with van der Waals surface area (Å²) in [7, 11) is 0. The summed E-state index contributed by atoms with van der Waals surface area (Å²) in [5.41, 5.74) is 1.05. The fourth-order valence-electron chi connectivity index (χ4n) is 3.47. The van der Waals surface area contributed by atoms with Crippen molar-refractivity contribution >= 4 is 33.2 Å². The first-order valence-corrected chi connectivity index (χ1v) is 9.01. The van der Waals surface area contributed by atoms with E-state index in [0.717, 1.165) is 29.0 Å². The molecule has 0 N–H and O–H groups in total. The van der Waals surface area contributed by atoms with E-state index >= 15 is 0 Å². The van der Waals surface area contributed by atoms with E-state index in [-0.39, 0.29) is 5.54 Å². The predicted molar refractivity (Wildman–Crippen MR) is 84.7 cm³/mol. The zero-order chi connectivity index (χ0) is 14.3. The summed E-state index contributed by atoms with van der Waals surface area (Å²) in [6.07, 6.45) is 6.66. The highest BCUT2D eigenvalue weighted by molar-refractivity contribution is 9.11. The first-order valence-electron chi connectivity index (χ1n) is 7.40. The zero-order valence-electron chi connectivity index (χ0n) is 12.1. The van der Waals surface area contributed by atoms with Crippen LogP contribution in [0.1, 0.15) is 56.5 Å². The number of rotatable bonds is 2. The van der Waals surface area contributed by atoms with Gasteiger partial charge in [0.25, 0.3) is 0 Å². The van der Waals surface area contributed by atoms with Crippen LogP contribution >= 0.6 is 27.3 Å². The van der Waals surface area contributed by atoms with Crippen molar-refractivity contribution in [3.8, 4) is 0 Å². The molecule has 110 valence electrons. The Morgan fingerprint density at radius 3 is 2.85 bits per heavy atom. The molecule has 0 atom stereocenters. The van der Waals surface area contributed by atoms with Gasteiger partial charge in [0.1, 0.15) is 0 Å². The molecule has 1 fully saturated rings. The highest BCUT2D eigenvalue weighted by atomic mass is 79.9. The molecule has 1 aromatic rings. The van der Waals surface area contributed by atoms with Gasteiger partial charge in [-0.3, -0.25) is 4.79 Å². The van der Waals surface area contributed by atoms with Gasteiger partial charge in [-0.2, -0.15) is 0 Å². The molecule has 1 aromatic heterocycles. The van der Waals surface area contributed by atoms with Crippen LogP contribution in [-0.4, -0.2) is 21.3 Å². The molecule has 0 radical (unpaired) electrons. The molecule has 5 heteroatoms. The quantitative estimate of drug-likeness (QED) is 0.797. The van der Waals surface area contributed by atoms with Crippen molar-refractivity contribution in [3.63, 3.8) is 0 Å². The minimum Gasteiger partial charge on any atom is -0.332 e. The lowest BCUT2D eigenvalue weighted by molar-refractivity contribution is -0.139. The minimum atomic E-state index is -0.115. The van der Waals surface area contributed by atoms with Gasteiger partial charge >= 0.3 is 0 Å². The van der Waals surface area contributed by atoms with Gasteiger partial charge in [-0.05, 0) is 48.5 Å². The highest BCUT2D eigenvalue weighted by Crippen LogP contribution is 2.37. The monoisotopic (exact) mass is 356 g/mol. The summed E-state index contributed by atoms with van der Waals surface area (Å²) >= 11 is 5.13. The Balaban J connectivity index is 1.76. The maximum atomic E-state index is 12.7. The standard InChI is InChI=1S/C15H21BrN2OS/c1-15(2)8-11-12(20-14(16)17-11)9-18(15)13(19)7-10-5-3-4-6-10/h10H,3-9H2,1-2H3. The Labute approximate surface area is 132 Å². The Morgan fingerprint density at radius 2 is 2.15 bits per heavy atom. The molecule has 1 aliphatic carbocycles. The Hall–Kier alpha value is -0.420. The van der Waals surface area contributed by atoms with E-state index in [1.54, 1.807) is 11.3 Å². The topological polar surface area (TPSA) is 33.2 Å². The number of amides is 1. The minimum absolute atomic E-state index is 0.115. The molecule has 20 heavy (non-hydrogen) atoms. The highest BCUT2D eigenvalue weighted by Gasteiger charge is 2.38. The molecule has 0 bridgehead atoms. The van der Waals surface area contributed by atoms with Crippen LogP contribution in [0.2, 0.25) is 0 Å². The number of hydrogen-bond acceptors (Lipinski definition) is 3. The van der Waals surface area contributed by atoms with Crippen LogP contribution in [0.15, 0.2) is 3.92 Å². The van der Waals surface area contributed by atoms with Gasteiger partial charge in [-0.25, -0.2) is 4.98 Å². The molecule has 2 aliphatic rings. The molecule has 3 rings (SSSR count). The molecular weight excluding hydrogens is 336 g/mol. The number of nitrogens with zero attached hydrogens (tertiary/aromatic N) is 2. The smallest absolute Gasteiger partial charge is 0.223 e. The van der Waals surface area contributed by atoms with Gasteiger partial charge in [0.15, 0.2) is 3.92 Å². The first-order chi connectivity index (χ1) is 9.45. The van der Waals surface area contributed by atoms with Crippen LogP contribution in [-0.2, 0) is 17.8 Å². The van der Waals surface area contributed by atoms with Crippen molar-refractivity contribution in [1.82, 2.24) is 9.88 Å². The number of hydrogen-bond donors (Lipinski definition) is 0. The second-order valence-corrected chi connectivity index (χ2v) is 9.02. The van der Waals surface area contributed by atoms with E-state index < -0.39 is 0 Å². The van der Waals surface area contributed by atoms with Crippen LogP contribution in [0.25, 0.3) is 0 Å². The van der Waals surface area contributed by atoms with Crippen molar-refractivity contribution < 1.29 is 4.79 Å². The van der Waals surface area contributed by atoms with Crippen molar-refractivity contribution in [2.75, 3.05) is 0 Å². The van der Waals surface area contributed by atoms with Crippen LogP contribution in [0.5, 0.6) is 0 Å². The summed E-state index contributed by atoms with van der Waals surface area (Å²) in [5.74, 6) is 0.949. The first kappa shape index (κ1) is 14.5. The number of carbonyl (C=O) groups excluding carboxylic acids is 1. The van der Waals surface area contributed by atoms with E-state index in [4.69, 9.17) is 0 Å². The fraction of sp³-hybridized carbons (Fsp3) is 0.733.